The zero-order valence-electron chi connectivity index (χ0n) is 17.1. The van der Waals surface area contributed by atoms with Gasteiger partial charge in [0.1, 0.15) is 5.38 Å². The highest BCUT2D eigenvalue weighted by Crippen LogP contribution is 2.38. The van der Waals surface area contributed by atoms with E-state index in [1.54, 1.807) is 30.3 Å². The minimum absolute atomic E-state index is 0.00314. The molecule has 1 aliphatic rings. The van der Waals surface area contributed by atoms with E-state index in [1.165, 1.54) is 4.88 Å². The maximum Gasteiger partial charge on any atom is 0.242 e. The molecule has 1 aromatic heterocycles. The molecule has 8 heteroatoms. The summed E-state index contributed by atoms with van der Waals surface area (Å²) in [6.45, 7) is 3.19. The Morgan fingerprint density at radius 1 is 1.30 bits per heavy atom. The summed E-state index contributed by atoms with van der Waals surface area (Å²) in [7, 11) is 1.62. The van der Waals surface area contributed by atoms with Gasteiger partial charge in [-0.3, -0.25) is 9.59 Å². The molecule has 1 aliphatic heterocycles. The van der Waals surface area contributed by atoms with Crippen molar-refractivity contribution in [1.29, 1.82) is 0 Å². The molecule has 162 valence electrons. The van der Waals surface area contributed by atoms with Crippen molar-refractivity contribution in [3.05, 3.63) is 56.7 Å². The zero-order chi connectivity index (χ0) is 21.7. The largest absolute Gasteiger partial charge is 0.385 e. The fourth-order valence-corrected chi connectivity index (χ4v) is 4.93. The predicted molar refractivity (Wildman–Crippen MR) is 121 cm³/mol. The molecule has 0 aliphatic carbocycles. The second-order valence-corrected chi connectivity index (χ2v) is 9.40. The summed E-state index contributed by atoms with van der Waals surface area (Å²) in [4.78, 5) is 30.7. The van der Waals surface area contributed by atoms with E-state index in [9.17, 15) is 9.59 Å². The lowest BCUT2D eigenvalue weighted by atomic mass is 9.93. The van der Waals surface area contributed by atoms with Gasteiger partial charge in [-0.05, 0) is 54.5 Å². The standard InChI is InChI=1S/C22H26Cl2N2O3S/c1-15(23)22(28)25(10-3-12-29-2)14-20(27)26-11-8-19-18(9-13-30-19)21(26)16-4-6-17(24)7-5-16/h4-7,9,13,15,21H,3,8,10-12,14H2,1-2H3. The minimum Gasteiger partial charge on any atom is -0.385 e. The van der Waals surface area contributed by atoms with E-state index in [0.29, 0.717) is 31.1 Å². The third-order valence-electron chi connectivity index (χ3n) is 5.23. The van der Waals surface area contributed by atoms with Crippen LogP contribution in [0.1, 0.15) is 35.4 Å². The Morgan fingerprint density at radius 3 is 2.70 bits per heavy atom. The van der Waals surface area contributed by atoms with Gasteiger partial charge in [0.15, 0.2) is 0 Å². The Balaban J connectivity index is 1.84. The minimum atomic E-state index is -0.683. The van der Waals surface area contributed by atoms with Gasteiger partial charge in [0.05, 0.1) is 12.6 Å². The molecule has 2 heterocycles. The molecular formula is C22H26Cl2N2O3S. The molecule has 5 nitrogen and oxygen atoms in total. The summed E-state index contributed by atoms with van der Waals surface area (Å²) in [5, 5.41) is 2.04. The van der Waals surface area contributed by atoms with Crippen LogP contribution in [-0.2, 0) is 20.7 Å². The molecule has 0 fully saturated rings. The Bertz CT molecular complexity index is 870. The molecule has 0 saturated carbocycles. The van der Waals surface area contributed by atoms with Gasteiger partial charge in [0.2, 0.25) is 11.8 Å². The number of amides is 2. The van der Waals surface area contributed by atoms with Crippen molar-refractivity contribution in [3.63, 3.8) is 0 Å². The maximum absolute atomic E-state index is 13.4. The van der Waals surface area contributed by atoms with Crippen molar-refractivity contribution in [2.24, 2.45) is 0 Å². The van der Waals surface area contributed by atoms with Crippen LogP contribution in [-0.4, -0.2) is 60.3 Å². The number of rotatable bonds is 8. The van der Waals surface area contributed by atoms with Crippen LogP contribution in [0.4, 0.5) is 0 Å². The summed E-state index contributed by atoms with van der Waals surface area (Å²) in [5.41, 5.74) is 2.15. The number of halogens is 2. The number of thiophene rings is 1. The quantitative estimate of drug-likeness (QED) is 0.426. The highest BCUT2D eigenvalue weighted by molar-refractivity contribution is 7.10. The Hall–Kier alpha value is -1.60. The maximum atomic E-state index is 13.4. The number of hydrogen-bond donors (Lipinski definition) is 0. The van der Waals surface area contributed by atoms with E-state index in [4.69, 9.17) is 27.9 Å². The summed E-state index contributed by atoms with van der Waals surface area (Å²) >= 11 is 13.8. The molecule has 2 aromatic rings. The first kappa shape index (κ1) is 23.1. The summed E-state index contributed by atoms with van der Waals surface area (Å²) in [6.07, 6.45) is 1.46. The number of methoxy groups -OCH3 is 1. The average Bonchev–Trinajstić information content (AvgIpc) is 3.21. The van der Waals surface area contributed by atoms with E-state index in [1.807, 2.05) is 29.2 Å². The molecule has 0 radical (unpaired) electrons. The number of fused-ring (bicyclic) bond motifs is 1. The molecule has 0 spiro atoms. The first-order chi connectivity index (χ1) is 14.4. The summed E-state index contributed by atoms with van der Waals surface area (Å²) in [6, 6.07) is 9.51. The van der Waals surface area contributed by atoms with Gasteiger partial charge in [-0.1, -0.05) is 23.7 Å². The van der Waals surface area contributed by atoms with E-state index in [2.05, 4.69) is 11.4 Å². The number of benzene rings is 1. The number of hydrogen-bond acceptors (Lipinski definition) is 4. The Morgan fingerprint density at radius 2 is 2.03 bits per heavy atom. The van der Waals surface area contributed by atoms with Crippen LogP contribution in [0.3, 0.4) is 0 Å². The van der Waals surface area contributed by atoms with Crippen molar-refractivity contribution < 1.29 is 14.3 Å². The number of nitrogens with zero attached hydrogens (tertiary/aromatic N) is 2. The average molecular weight is 469 g/mol. The van der Waals surface area contributed by atoms with Crippen LogP contribution < -0.4 is 0 Å². The smallest absolute Gasteiger partial charge is 0.242 e. The molecule has 3 rings (SSSR count). The summed E-state index contributed by atoms with van der Waals surface area (Å²) < 4.78 is 5.09. The summed E-state index contributed by atoms with van der Waals surface area (Å²) in [5.74, 6) is -0.327. The van der Waals surface area contributed by atoms with Crippen molar-refractivity contribution in [2.75, 3.05) is 33.4 Å². The van der Waals surface area contributed by atoms with Crippen molar-refractivity contribution in [1.82, 2.24) is 9.80 Å². The zero-order valence-corrected chi connectivity index (χ0v) is 19.5. The normalized spacial score (nSPS) is 16.8. The molecular weight excluding hydrogens is 443 g/mol. The number of carbonyl (C=O) groups excluding carboxylic acids is 2. The molecule has 1 aromatic carbocycles. The van der Waals surface area contributed by atoms with Gasteiger partial charge in [-0.15, -0.1) is 22.9 Å². The highest BCUT2D eigenvalue weighted by atomic mass is 35.5. The van der Waals surface area contributed by atoms with Crippen molar-refractivity contribution in [2.45, 2.75) is 31.2 Å². The van der Waals surface area contributed by atoms with Crippen LogP contribution in [0.2, 0.25) is 5.02 Å². The predicted octanol–water partition coefficient (Wildman–Crippen LogP) is 4.37. The molecule has 2 atom stereocenters. The molecule has 2 unspecified atom stereocenters. The monoisotopic (exact) mass is 468 g/mol. The third-order valence-corrected chi connectivity index (χ3v) is 6.66. The fraction of sp³-hybridized carbons (Fsp3) is 0.455. The first-order valence-electron chi connectivity index (χ1n) is 9.95. The second kappa shape index (κ2) is 10.6. The van der Waals surface area contributed by atoms with Gasteiger partial charge in [0, 0.05) is 36.7 Å². The lowest BCUT2D eigenvalue weighted by molar-refractivity contribution is -0.141. The first-order valence-corrected chi connectivity index (χ1v) is 11.6. The number of alkyl halides is 1. The van der Waals surface area contributed by atoms with Crippen LogP contribution in [0.5, 0.6) is 0 Å². The lowest BCUT2D eigenvalue weighted by Gasteiger charge is -2.37. The number of ether oxygens (including phenoxy) is 1. The molecule has 0 bridgehead atoms. The van der Waals surface area contributed by atoms with Crippen molar-refractivity contribution in [3.8, 4) is 0 Å². The van der Waals surface area contributed by atoms with Crippen molar-refractivity contribution >= 4 is 46.4 Å². The van der Waals surface area contributed by atoms with Gasteiger partial charge >= 0.3 is 0 Å². The van der Waals surface area contributed by atoms with Crippen LogP contribution in [0.15, 0.2) is 35.7 Å². The van der Waals surface area contributed by atoms with E-state index < -0.39 is 5.38 Å². The second-order valence-electron chi connectivity index (χ2n) is 7.31. The van der Waals surface area contributed by atoms with Crippen LogP contribution >= 0.6 is 34.5 Å². The number of carbonyl (C=O) groups is 2. The molecule has 0 N–H and O–H groups in total. The van der Waals surface area contributed by atoms with E-state index >= 15 is 0 Å². The fourth-order valence-electron chi connectivity index (χ4n) is 3.76. The molecule has 2 amide bonds. The Labute approximate surface area is 191 Å². The van der Waals surface area contributed by atoms with Gasteiger partial charge < -0.3 is 14.5 Å². The SMILES string of the molecule is COCCCN(CC(=O)N1CCc2sccc2C1c1ccc(Cl)cc1)C(=O)C(C)Cl. The molecule has 0 saturated heterocycles. The van der Waals surface area contributed by atoms with Gasteiger partial charge in [0.25, 0.3) is 0 Å². The topological polar surface area (TPSA) is 49.9 Å². The highest BCUT2D eigenvalue weighted by Gasteiger charge is 2.34. The lowest BCUT2D eigenvalue weighted by Crippen LogP contribution is -2.48. The van der Waals surface area contributed by atoms with Gasteiger partial charge in [-0.25, -0.2) is 0 Å². The van der Waals surface area contributed by atoms with Gasteiger partial charge in [-0.2, -0.15) is 0 Å². The van der Waals surface area contributed by atoms with E-state index in [-0.39, 0.29) is 24.4 Å². The van der Waals surface area contributed by atoms with Crippen LogP contribution in [0.25, 0.3) is 0 Å². The van der Waals surface area contributed by atoms with Crippen LogP contribution in [0, 0.1) is 0 Å². The Kier molecular flexibility index (Phi) is 8.17. The third kappa shape index (κ3) is 5.35. The van der Waals surface area contributed by atoms with E-state index in [0.717, 1.165) is 17.5 Å². The molecule has 30 heavy (non-hydrogen) atoms.